The maximum atomic E-state index is 6.28. The van der Waals surface area contributed by atoms with Crippen molar-refractivity contribution in [1.29, 1.82) is 0 Å². The summed E-state index contributed by atoms with van der Waals surface area (Å²) in [5.41, 5.74) is 7.59. The van der Waals surface area contributed by atoms with Crippen molar-refractivity contribution in [3.8, 4) is 0 Å². The zero-order chi connectivity index (χ0) is 12.4. The van der Waals surface area contributed by atoms with Crippen LogP contribution in [0.5, 0.6) is 0 Å². The molecule has 0 aromatic heterocycles. The minimum absolute atomic E-state index is 0.0245. The molecule has 1 aliphatic rings. The van der Waals surface area contributed by atoms with Crippen molar-refractivity contribution in [2.75, 3.05) is 6.61 Å². The Bertz CT molecular complexity index is 247. The highest BCUT2D eigenvalue weighted by Crippen LogP contribution is 2.44. The summed E-state index contributed by atoms with van der Waals surface area (Å²) < 4.78 is 6.00. The molecule has 0 saturated heterocycles. The number of rotatable bonds is 4. The molecule has 0 bridgehead atoms. The molecular weight excluding hydrogens is 198 g/mol. The second-order valence-electron chi connectivity index (χ2n) is 5.99. The average molecular weight is 225 g/mol. The number of nitrogens with two attached hydrogens (primary N) is 1. The molecule has 0 radical (unpaired) electrons. The maximum absolute atomic E-state index is 6.28. The Labute approximate surface area is 100 Å². The molecule has 0 aromatic rings. The highest BCUT2D eigenvalue weighted by Gasteiger charge is 2.43. The van der Waals surface area contributed by atoms with Gasteiger partial charge in [-0.2, -0.15) is 0 Å². The van der Waals surface area contributed by atoms with E-state index in [-0.39, 0.29) is 11.6 Å². The van der Waals surface area contributed by atoms with Crippen LogP contribution in [-0.2, 0) is 4.74 Å². The van der Waals surface area contributed by atoms with Gasteiger partial charge >= 0.3 is 0 Å². The Kier molecular flexibility index (Phi) is 4.19. The van der Waals surface area contributed by atoms with Gasteiger partial charge in [0.15, 0.2) is 0 Å². The molecule has 1 unspecified atom stereocenters. The summed E-state index contributed by atoms with van der Waals surface area (Å²) in [5, 5.41) is 0. The van der Waals surface area contributed by atoms with Crippen molar-refractivity contribution < 1.29 is 4.74 Å². The van der Waals surface area contributed by atoms with E-state index in [1.165, 1.54) is 12.8 Å². The third-order valence-electron chi connectivity index (χ3n) is 3.98. The van der Waals surface area contributed by atoms with Gasteiger partial charge in [-0.3, -0.25) is 0 Å². The summed E-state index contributed by atoms with van der Waals surface area (Å²) in [7, 11) is 0. The molecule has 2 N–H and O–H groups in total. The number of hydrogen-bond acceptors (Lipinski definition) is 2. The zero-order valence-electron chi connectivity index (χ0n) is 11.3. The third-order valence-corrected chi connectivity index (χ3v) is 3.98. The monoisotopic (exact) mass is 225 g/mol. The van der Waals surface area contributed by atoms with Gasteiger partial charge in [0.25, 0.3) is 0 Å². The number of hydrogen-bond donors (Lipinski definition) is 1. The molecule has 0 heterocycles. The Hall–Kier alpha value is -0.340. The molecule has 0 aromatic carbocycles. The van der Waals surface area contributed by atoms with Crippen molar-refractivity contribution in [3.63, 3.8) is 0 Å². The van der Waals surface area contributed by atoms with E-state index < -0.39 is 0 Å². The van der Waals surface area contributed by atoms with Crippen LogP contribution in [0.25, 0.3) is 0 Å². The predicted molar refractivity (Wildman–Crippen MR) is 69.4 cm³/mol. The molecule has 2 nitrogen and oxygen atoms in total. The molecule has 1 aliphatic carbocycles. The first-order chi connectivity index (χ1) is 7.33. The van der Waals surface area contributed by atoms with Gasteiger partial charge in [-0.15, -0.1) is 0 Å². The second kappa shape index (κ2) is 4.89. The lowest BCUT2D eigenvalue weighted by atomic mass is 9.67. The highest BCUT2D eigenvalue weighted by atomic mass is 16.5. The zero-order valence-corrected chi connectivity index (χ0v) is 11.3. The minimum Gasteiger partial charge on any atom is -0.373 e. The highest BCUT2D eigenvalue weighted by molar-refractivity contribution is 5.12. The van der Waals surface area contributed by atoms with E-state index in [0.29, 0.717) is 5.41 Å². The van der Waals surface area contributed by atoms with E-state index in [9.17, 15) is 0 Å². The van der Waals surface area contributed by atoms with E-state index in [0.717, 1.165) is 25.0 Å². The predicted octanol–water partition coefficient (Wildman–Crippen LogP) is 3.27. The van der Waals surface area contributed by atoms with Gasteiger partial charge in [0, 0.05) is 6.61 Å². The molecule has 0 aliphatic heterocycles. The van der Waals surface area contributed by atoms with Gasteiger partial charge in [-0.25, -0.2) is 0 Å². The topological polar surface area (TPSA) is 35.2 Å². The molecular formula is C14H27NO. The van der Waals surface area contributed by atoms with Crippen molar-refractivity contribution in [2.24, 2.45) is 11.1 Å². The summed E-state index contributed by atoms with van der Waals surface area (Å²) in [4.78, 5) is 0. The lowest BCUT2D eigenvalue weighted by molar-refractivity contribution is -0.0921. The van der Waals surface area contributed by atoms with Gasteiger partial charge in [0.1, 0.15) is 0 Å². The molecule has 94 valence electrons. The second-order valence-corrected chi connectivity index (χ2v) is 5.99. The van der Waals surface area contributed by atoms with Crippen LogP contribution in [0, 0.1) is 5.41 Å². The Morgan fingerprint density at radius 2 is 1.81 bits per heavy atom. The lowest BCUT2D eigenvalue weighted by Crippen LogP contribution is -2.53. The van der Waals surface area contributed by atoms with Crippen LogP contribution in [0.3, 0.4) is 0 Å². The van der Waals surface area contributed by atoms with Gasteiger partial charge < -0.3 is 10.5 Å². The lowest BCUT2D eigenvalue weighted by Gasteiger charge is -2.46. The Balaban J connectivity index is 2.79. The van der Waals surface area contributed by atoms with E-state index >= 15 is 0 Å². The minimum atomic E-state index is -0.157. The normalized spacial score (nSPS) is 25.1. The molecule has 0 spiro atoms. The molecule has 16 heavy (non-hydrogen) atoms. The van der Waals surface area contributed by atoms with Crippen LogP contribution in [0.1, 0.15) is 53.4 Å². The Morgan fingerprint density at radius 1 is 1.31 bits per heavy atom. The first-order valence-corrected chi connectivity index (χ1v) is 6.38. The first kappa shape index (κ1) is 13.7. The largest absolute Gasteiger partial charge is 0.373 e. The fraction of sp³-hybridized carbons (Fsp3) is 0.857. The summed E-state index contributed by atoms with van der Waals surface area (Å²) in [6.45, 7) is 13.4. The fourth-order valence-corrected chi connectivity index (χ4v) is 2.63. The third kappa shape index (κ3) is 2.86. The maximum Gasteiger partial charge on any atom is 0.0870 e. The average Bonchev–Trinajstić information content (AvgIpc) is 2.21. The van der Waals surface area contributed by atoms with Crippen molar-refractivity contribution in [1.82, 2.24) is 0 Å². The van der Waals surface area contributed by atoms with Crippen LogP contribution >= 0.6 is 0 Å². The standard InChI is InChI=1S/C14H27NO/c1-6-16-14(12(15)11(2)3)9-7-13(4,5)8-10-14/h12H,2,6-10,15H2,1,3-5H3. The van der Waals surface area contributed by atoms with Gasteiger partial charge in [-0.1, -0.05) is 26.0 Å². The van der Waals surface area contributed by atoms with Crippen LogP contribution in [0.15, 0.2) is 12.2 Å². The molecule has 2 heteroatoms. The van der Waals surface area contributed by atoms with E-state index in [1.54, 1.807) is 0 Å². The summed E-state index contributed by atoms with van der Waals surface area (Å²) >= 11 is 0. The van der Waals surface area contributed by atoms with Gasteiger partial charge in [-0.05, 0) is 44.9 Å². The van der Waals surface area contributed by atoms with Crippen LogP contribution in [0.2, 0.25) is 0 Å². The van der Waals surface area contributed by atoms with Crippen molar-refractivity contribution in [3.05, 3.63) is 12.2 Å². The first-order valence-electron chi connectivity index (χ1n) is 6.38. The van der Waals surface area contributed by atoms with Gasteiger partial charge in [0.05, 0.1) is 11.6 Å². The number of ether oxygens (including phenoxy) is 1. The van der Waals surface area contributed by atoms with Crippen LogP contribution in [0.4, 0.5) is 0 Å². The summed E-state index contributed by atoms with van der Waals surface area (Å²) in [6.07, 6.45) is 4.49. The van der Waals surface area contributed by atoms with E-state index in [1.807, 2.05) is 13.8 Å². The fourth-order valence-electron chi connectivity index (χ4n) is 2.63. The summed E-state index contributed by atoms with van der Waals surface area (Å²) in [6, 6.07) is -0.0245. The van der Waals surface area contributed by atoms with E-state index in [2.05, 4.69) is 20.4 Å². The molecule has 1 fully saturated rings. The van der Waals surface area contributed by atoms with Crippen LogP contribution < -0.4 is 5.73 Å². The Morgan fingerprint density at radius 3 is 2.19 bits per heavy atom. The van der Waals surface area contributed by atoms with Crippen molar-refractivity contribution in [2.45, 2.75) is 65.0 Å². The summed E-state index contributed by atoms with van der Waals surface area (Å²) in [5.74, 6) is 0. The van der Waals surface area contributed by atoms with E-state index in [4.69, 9.17) is 10.5 Å². The molecule has 0 amide bonds. The SMILES string of the molecule is C=C(C)C(N)C1(OCC)CCC(C)(C)CC1. The molecule has 1 rings (SSSR count). The van der Waals surface area contributed by atoms with Crippen molar-refractivity contribution >= 4 is 0 Å². The molecule has 1 saturated carbocycles. The quantitative estimate of drug-likeness (QED) is 0.745. The molecule has 1 atom stereocenters. The smallest absolute Gasteiger partial charge is 0.0870 e. The van der Waals surface area contributed by atoms with Crippen LogP contribution in [-0.4, -0.2) is 18.2 Å². The van der Waals surface area contributed by atoms with Gasteiger partial charge in [0.2, 0.25) is 0 Å².